The molecule has 0 aliphatic rings. The molecule has 0 bridgehead atoms. The summed E-state index contributed by atoms with van der Waals surface area (Å²) in [5, 5.41) is 0. The number of carbonyl (C=O) groups is 1. The maximum absolute atomic E-state index is 10.7. The van der Waals surface area contributed by atoms with Crippen LogP contribution in [0, 0.1) is 6.92 Å². The Balaban J connectivity index is 2.57. The molecule has 0 atom stereocenters. The predicted octanol–water partition coefficient (Wildman–Crippen LogP) is 2.80. The van der Waals surface area contributed by atoms with E-state index >= 15 is 0 Å². The lowest BCUT2D eigenvalue weighted by atomic mass is 9.96. The van der Waals surface area contributed by atoms with Crippen LogP contribution < -0.4 is 5.73 Å². The molecule has 1 aromatic rings. The molecule has 3 heteroatoms. The zero-order chi connectivity index (χ0) is 12.2. The molecule has 0 fully saturated rings. The summed E-state index contributed by atoms with van der Waals surface area (Å²) in [6.07, 6.45) is 0.933. The van der Waals surface area contributed by atoms with Crippen molar-refractivity contribution in [3.63, 3.8) is 0 Å². The third kappa shape index (κ3) is 3.93. The second-order valence-corrected chi connectivity index (χ2v) is 4.61. The van der Waals surface area contributed by atoms with Crippen LogP contribution in [0.5, 0.6) is 0 Å². The largest absolute Gasteiger partial charge is 0.444 e. The smallest absolute Gasteiger partial charge is 0.405 e. The third-order valence-corrected chi connectivity index (χ3v) is 2.63. The summed E-state index contributed by atoms with van der Waals surface area (Å²) in [5.74, 6) is 0. The lowest BCUT2D eigenvalue weighted by molar-refractivity contribution is 0.0394. The molecule has 0 saturated heterocycles. The monoisotopic (exact) mass is 221 g/mol. The Bertz CT molecular complexity index is 372. The fourth-order valence-electron chi connectivity index (χ4n) is 1.65. The molecule has 0 aromatic heterocycles. The summed E-state index contributed by atoms with van der Waals surface area (Å²) in [6.45, 7) is 5.82. The number of rotatable bonds is 4. The number of amides is 1. The van der Waals surface area contributed by atoms with E-state index in [1.807, 2.05) is 26.0 Å². The number of primary amides is 1. The fourth-order valence-corrected chi connectivity index (χ4v) is 1.65. The fraction of sp³-hybridized carbons (Fsp3) is 0.462. The molecule has 1 amide bonds. The number of aryl methyl sites for hydroxylation is 2. The van der Waals surface area contributed by atoms with E-state index in [0.717, 1.165) is 12.8 Å². The minimum absolute atomic E-state index is 0.506. The van der Waals surface area contributed by atoms with Crippen molar-refractivity contribution in [1.82, 2.24) is 0 Å². The average molecular weight is 221 g/mol. The number of hydrogen-bond acceptors (Lipinski definition) is 2. The average Bonchev–Trinajstić information content (AvgIpc) is 2.14. The van der Waals surface area contributed by atoms with Gasteiger partial charge in [0.05, 0.1) is 0 Å². The molecule has 88 valence electrons. The van der Waals surface area contributed by atoms with Gasteiger partial charge in [-0.15, -0.1) is 0 Å². The molecule has 0 unspecified atom stereocenters. The Hall–Kier alpha value is -1.51. The van der Waals surface area contributed by atoms with Gasteiger partial charge in [0, 0.05) is 0 Å². The molecule has 0 radical (unpaired) electrons. The van der Waals surface area contributed by atoms with E-state index in [2.05, 4.69) is 19.1 Å². The minimum Gasteiger partial charge on any atom is -0.444 e. The molecular weight excluding hydrogens is 202 g/mol. The summed E-state index contributed by atoms with van der Waals surface area (Å²) in [6, 6.07) is 8.21. The number of benzene rings is 1. The van der Waals surface area contributed by atoms with Gasteiger partial charge in [-0.05, 0) is 44.7 Å². The van der Waals surface area contributed by atoms with Crippen LogP contribution in [0.1, 0.15) is 31.4 Å². The van der Waals surface area contributed by atoms with Gasteiger partial charge in [-0.25, -0.2) is 4.79 Å². The molecule has 0 aliphatic heterocycles. The Morgan fingerprint density at radius 2 is 2.00 bits per heavy atom. The van der Waals surface area contributed by atoms with E-state index < -0.39 is 11.7 Å². The Labute approximate surface area is 96.6 Å². The van der Waals surface area contributed by atoms with E-state index in [1.165, 1.54) is 11.1 Å². The summed E-state index contributed by atoms with van der Waals surface area (Å²) in [7, 11) is 0. The number of nitrogens with two attached hydrogens (primary N) is 1. The first kappa shape index (κ1) is 12.6. The highest BCUT2D eigenvalue weighted by molar-refractivity contribution is 5.65. The molecule has 1 aromatic carbocycles. The lowest BCUT2D eigenvalue weighted by Crippen LogP contribution is -2.31. The van der Waals surface area contributed by atoms with Crippen molar-refractivity contribution in [1.29, 1.82) is 0 Å². The van der Waals surface area contributed by atoms with Crippen LogP contribution in [0.3, 0.4) is 0 Å². The first-order valence-electron chi connectivity index (χ1n) is 5.44. The minimum atomic E-state index is -0.713. The van der Waals surface area contributed by atoms with Gasteiger partial charge in [0.25, 0.3) is 0 Å². The van der Waals surface area contributed by atoms with Crippen molar-refractivity contribution in [2.75, 3.05) is 0 Å². The Kier molecular flexibility index (Phi) is 3.93. The van der Waals surface area contributed by atoms with Gasteiger partial charge in [0.15, 0.2) is 0 Å². The molecule has 0 spiro atoms. The van der Waals surface area contributed by atoms with Crippen molar-refractivity contribution in [2.24, 2.45) is 5.73 Å². The van der Waals surface area contributed by atoms with Gasteiger partial charge in [-0.2, -0.15) is 0 Å². The Morgan fingerprint density at radius 3 is 2.56 bits per heavy atom. The lowest BCUT2D eigenvalue weighted by Gasteiger charge is -2.24. The molecule has 1 rings (SSSR count). The van der Waals surface area contributed by atoms with Gasteiger partial charge in [0.2, 0.25) is 0 Å². The quantitative estimate of drug-likeness (QED) is 0.850. The highest BCUT2D eigenvalue weighted by Gasteiger charge is 2.21. The normalized spacial score (nSPS) is 11.2. The predicted molar refractivity (Wildman–Crippen MR) is 64.2 cm³/mol. The summed E-state index contributed by atoms with van der Waals surface area (Å²) >= 11 is 0. The first-order valence-corrected chi connectivity index (χ1v) is 5.44. The second-order valence-electron chi connectivity index (χ2n) is 4.61. The summed E-state index contributed by atoms with van der Waals surface area (Å²) < 4.78 is 5.04. The topological polar surface area (TPSA) is 52.3 Å². The van der Waals surface area contributed by atoms with Crippen LogP contribution in [0.25, 0.3) is 0 Å². The summed E-state index contributed by atoms with van der Waals surface area (Å²) in [5.41, 5.74) is 7.05. The molecule has 0 aliphatic carbocycles. The van der Waals surface area contributed by atoms with Crippen molar-refractivity contribution in [2.45, 2.75) is 39.2 Å². The standard InChI is InChI=1S/C13H19NO2/c1-10-6-4-5-7-11(10)8-9-13(2,3)16-12(14)15/h4-7H,8-9H2,1-3H3,(H2,14,15). The van der Waals surface area contributed by atoms with E-state index in [-0.39, 0.29) is 0 Å². The Morgan fingerprint density at radius 1 is 1.38 bits per heavy atom. The van der Waals surface area contributed by atoms with Gasteiger partial charge in [-0.3, -0.25) is 0 Å². The van der Waals surface area contributed by atoms with Crippen molar-refractivity contribution < 1.29 is 9.53 Å². The number of ether oxygens (including phenoxy) is 1. The van der Waals surface area contributed by atoms with Crippen LogP contribution in [-0.4, -0.2) is 11.7 Å². The molecule has 0 heterocycles. The number of hydrogen-bond donors (Lipinski definition) is 1. The highest BCUT2D eigenvalue weighted by Crippen LogP contribution is 2.19. The van der Waals surface area contributed by atoms with Crippen LogP contribution in [0.4, 0.5) is 4.79 Å². The van der Waals surface area contributed by atoms with E-state index in [0.29, 0.717) is 0 Å². The zero-order valence-corrected chi connectivity index (χ0v) is 10.1. The maximum Gasteiger partial charge on any atom is 0.405 e. The van der Waals surface area contributed by atoms with Crippen molar-refractivity contribution in [3.8, 4) is 0 Å². The van der Waals surface area contributed by atoms with Crippen LogP contribution in [0.2, 0.25) is 0 Å². The van der Waals surface area contributed by atoms with Crippen molar-refractivity contribution >= 4 is 6.09 Å². The molecule has 3 nitrogen and oxygen atoms in total. The van der Waals surface area contributed by atoms with Gasteiger partial charge in [0.1, 0.15) is 5.60 Å². The first-order chi connectivity index (χ1) is 7.41. The molecular formula is C13H19NO2. The highest BCUT2D eigenvalue weighted by atomic mass is 16.6. The van der Waals surface area contributed by atoms with Crippen LogP contribution >= 0.6 is 0 Å². The molecule has 2 N–H and O–H groups in total. The van der Waals surface area contributed by atoms with Crippen LogP contribution in [-0.2, 0) is 11.2 Å². The van der Waals surface area contributed by atoms with Gasteiger partial charge in [-0.1, -0.05) is 24.3 Å². The van der Waals surface area contributed by atoms with E-state index in [1.54, 1.807) is 0 Å². The summed E-state index contributed by atoms with van der Waals surface area (Å²) in [4.78, 5) is 10.7. The van der Waals surface area contributed by atoms with E-state index in [9.17, 15) is 4.79 Å². The maximum atomic E-state index is 10.7. The van der Waals surface area contributed by atoms with Crippen molar-refractivity contribution in [3.05, 3.63) is 35.4 Å². The third-order valence-electron chi connectivity index (χ3n) is 2.63. The van der Waals surface area contributed by atoms with E-state index in [4.69, 9.17) is 10.5 Å². The zero-order valence-electron chi connectivity index (χ0n) is 10.1. The number of carbonyl (C=O) groups excluding carboxylic acids is 1. The SMILES string of the molecule is Cc1ccccc1CCC(C)(C)OC(N)=O. The van der Waals surface area contributed by atoms with Crippen LogP contribution in [0.15, 0.2) is 24.3 Å². The van der Waals surface area contributed by atoms with Gasteiger partial charge >= 0.3 is 6.09 Å². The van der Waals surface area contributed by atoms with Gasteiger partial charge < -0.3 is 10.5 Å². The molecule has 0 saturated carbocycles. The second kappa shape index (κ2) is 5.01. The molecule has 16 heavy (non-hydrogen) atoms.